The lowest BCUT2D eigenvalue weighted by molar-refractivity contribution is -0.134. The fraction of sp³-hybridized carbons (Fsp3) is 0.429. The molecule has 2 N–H and O–H groups in total. The molecule has 4 nitrogen and oxygen atoms in total. The highest BCUT2D eigenvalue weighted by Crippen LogP contribution is 2.05. The topological polar surface area (TPSA) is 74.6 Å². The van der Waals surface area contributed by atoms with Gasteiger partial charge in [0.1, 0.15) is 0 Å². The Morgan fingerprint density at radius 3 is 1.33 bits per heavy atom. The molecule has 4 heteroatoms. The van der Waals surface area contributed by atoms with E-state index in [1.165, 1.54) is 38.5 Å². The highest BCUT2D eigenvalue weighted by atomic mass is 16.4. The average molecular weight is 254 g/mol. The predicted molar refractivity (Wildman–Crippen MR) is 72.5 cm³/mol. The Morgan fingerprint density at radius 1 is 0.778 bits per heavy atom. The third-order valence-corrected chi connectivity index (χ3v) is 1.93. The smallest absolute Gasteiger partial charge is 0.328 e. The molecule has 0 aliphatic carbocycles. The van der Waals surface area contributed by atoms with E-state index in [0.717, 1.165) is 0 Å². The molecular weight excluding hydrogens is 232 g/mol. The molecule has 0 spiro atoms. The number of carboxylic acids is 2. The molecule has 0 aliphatic heterocycles. The van der Waals surface area contributed by atoms with Crippen molar-refractivity contribution in [2.24, 2.45) is 0 Å². The lowest BCUT2D eigenvalue weighted by Crippen LogP contribution is -1.91. The zero-order chi connectivity index (χ0) is 14.2. The minimum Gasteiger partial charge on any atom is -0.478 e. The summed E-state index contributed by atoms with van der Waals surface area (Å²) in [5.74, 6) is -2.51. The number of allylic oxidation sites excluding steroid dienone is 2. The van der Waals surface area contributed by atoms with E-state index in [4.69, 9.17) is 10.2 Å². The van der Waals surface area contributed by atoms with Crippen LogP contribution in [0.25, 0.3) is 0 Å². The number of unbranched alkanes of at least 4 members (excludes halogenated alkanes) is 5. The van der Waals surface area contributed by atoms with Crippen LogP contribution in [0.5, 0.6) is 0 Å². The number of carbonyl (C=O) groups is 2. The molecular formula is C14H22O4. The lowest BCUT2D eigenvalue weighted by Gasteiger charge is -1.95. The van der Waals surface area contributed by atoms with E-state index in [-0.39, 0.29) is 0 Å². The molecule has 0 aromatic heterocycles. The Morgan fingerprint density at radius 2 is 1.11 bits per heavy atom. The molecule has 102 valence electrons. The van der Waals surface area contributed by atoms with E-state index in [0.29, 0.717) is 12.2 Å². The SMILES string of the molecule is C=CCCCCCCC=C.O=C(O)/C=C\C(=O)O. The fourth-order valence-corrected chi connectivity index (χ4v) is 1.07. The Labute approximate surface area is 108 Å². The third-order valence-electron chi connectivity index (χ3n) is 1.93. The van der Waals surface area contributed by atoms with Crippen LogP contribution < -0.4 is 0 Å². The standard InChI is InChI=1S/C10H18.C4H4O4/c1-3-5-7-9-10-8-6-4-2;5-3(6)1-2-4(7)8/h3-4H,1-2,5-10H2;1-2H,(H,5,6)(H,7,8)/b;2-1-. The van der Waals surface area contributed by atoms with Crippen LogP contribution in [0.4, 0.5) is 0 Å². The van der Waals surface area contributed by atoms with Crippen LogP contribution >= 0.6 is 0 Å². The second kappa shape index (κ2) is 15.2. The van der Waals surface area contributed by atoms with Gasteiger partial charge in [-0.05, 0) is 25.7 Å². The van der Waals surface area contributed by atoms with Gasteiger partial charge in [0.25, 0.3) is 0 Å². The minimum absolute atomic E-state index is 0.558. The van der Waals surface area contributed by atoms with Gasteiger partial charge in [0, 0.05) is 12.2 Å². The van der Waals surface area contributed by atoms with E-state index in [9.17, 15) is 9.59 Å². The van der Waals surface area contributed by atoms with E-state index < -0.39 is 11.9 Å². The quantitative estimate of drug-likeness (QED) is 0.375. The van der Waals surface area contributed by atoms with E-state index in [1.807, 2.05) is 12.2 Å². The second-order valence-corrected chi connectivity index (χ2v) is 3.58. The van der Waals surface area contributed by atoms with Gasteiger partial charge in [-0.3, -0.25) is 0 Å². The van der Waals surface area contributed by atoms with E-state index >= 15 is 0 Å². The molecule has 0 atom stereocenters. The predicted octanol–water partition coefficient (Wildman–Crippen LogP) is 3.41. The molecule has 0 aromatic rings. The first-order chi connectivity index (χ1) is 8.54. The zero-order valence-electron chi connectivity index (χ0n) is 10.7. The van der Waals surface area contributed by atoms with Crippen molar-refractivity contribution < 1.29 is 19.8 Å². The number of hydrogen-bond acceptors (Lipinski definition) is 2. The van der Waals surface area contributed by atoms with Crippen molar-refractivity contribution in [3.8, 4) is 0 Å². The fourth-order valence-electron chi connectivity index (χ4n) is 1.07. The first-order valence-corrected chi connectivity index (χ1v) is 5.90. The molecule has 0 fully saturated rings. The van der Waals surface area contributed by atoms with Gasteiger partial charge in [0.2, 0.25) is 0 Å². The summed E-state index contributed by atoms with van der Waals surface area (Å²) < 4.78 is 0. The summed E-state index contributed by atoms with van der Waals surface area (Å²) in [5, 5.41) is 15.6. The van der Waals surface area contributed by atoms with Gasteiger partial charge in [0.05, 0.1) is 0 Å². The van der Waals surface area contributed by atoms with Gasteiger partial charge in [-0.2, -0.15) is 0 Å². The summed E-state index contributed by atoms with van der Waals surface area (Å²) in [5.41, 5.74) is 0. The van der Waals surface area contributed by atoms with E-state index in [2.05, 4.69) is 13.2 Å². The van der Waals surface area contributed by atoms with Crippen LogP contribution in [-0.4, -0.2) is 22.2 Å². The minimum atomic E-state index is -1.26. The molecule has 0 saturated heterocycles. The summed E-state index contributed by atoms with van der Waals surface area (Å²) in [6.07, 6.45) is 12.8. The highest BCUT2D eigenvalue weighted by molar-refractivity contribution is 5.89. The number of carboxylic acid groups (broad SMARTS) is 2. The van der Waals surface area contributed by atoms with Crippen molar-refractivity contribution in [1.82, 2.24) is 0 Å². The van der Waals surface area contributed by atoms with Gasteiger partial charge in [-0.1, -0.05) is 25.0 Å². The van der Waals surface area contributed by atoms with Gasteiger partial charge in [0.15, 0.2) is 0 Å². The number of hydrogen-bond donors (Lipinski definition) is 2. The van der Waals surface area contributed by atoms with Crippen LogP contribution in [0, 0.1) is 0 Å². The van der Waals surface area contributed by atoms with Crippen LogP contribution in [0.3, 0.4) is 0 Å². The molecule has 0 heterocycles. The van der Waals surface area contributed by atoms with E-state index in [1.54, 1.807) is 0 Å². The lowest BCUT2D eigenvalue weighted by atomic mass is 10.1. The Balaban J connectivity index is 0. The molecule has 0 radical (unpaired) electrons. The summed E-state index contributed by atoms with van der Waals surface area (Å²) in [7, 11) is 0. The van der Waals surface area contributed by atoms with Crippen molar-refractivity contribution >= 4 is 11.9 Å². The Bertz CT molecular complexity index is 252. The second-order valence-electron chi connectivity index (χ2n) is 3.58. The summed E-state index contributed by atoms with van der Waals surface area (Å²) in [4.78, 5) is 19.1. The maximum atomic E-state index is 9.55. The average Bonchev–Trinajstić information content (AvgIpc) is 2.32. The van der Waals surface area contributed by atoms with Gasteiger partial charge in [-0.15, -0.1) is 13.2 Å². The molecule has 0 bridgehead atoms. The van der Waals surface area contributed by atoms with Crippen LogP contribution in [0.2, 0.25) is 0 Å². The molecule has 0 unspecified atom stereocenters. The molecule has 0 saturated carbocycles. The molecule has 0 rings (SSSR count). The number of rotatable bonds is 9. The molecule has 18 heavy (non-hydrogen) atoms. The van der Waals surface area contributed by atoms with Crippen LogP contribution in [-0.2, 0) is 9.59 Å². The Kier molecular flexibility index (Phi) is 15.6. The largest absolute Gasteiger partial charge is 0.478 e. The van der Waals surface area contributed by atoms with Gasteiger partial charge >= 0.3 is 11.9 Å². The number of aliphatic carboxylic acids is 2. The highest BCUT2D eigenvalue weighted by Gasteiger charge is 1.88. The summed E-state index contributed by atoms with van der Waals surface area (Å²) in [6.45, 7) is 7.36. The van der Waals surface area contributed by atoms with Crippen molar-refractivity contribution in [3.05, 3.63) is 37.5 Å². The van der Waals surface area contributed by atoms with Crippen molar-refractivity contribution in [2.75, 3.05) is 0 Å². The summed E-state index contributed by atoms with van der Waals surface area (Å²) in [6, 6.07) is 0. The molecule has 0 aliphatic rings. The van der Waals surface area contributed by atoms with Crippen LogP contribution in [0.15, 0.2) is 37.5 Å². The van der Waals surface area contributed by atoms with Crippen LogP contribution in [0.1, 0.15) is 38.5 Å². The van der Waals surface area contributed by atoms with Crippen molar-refractivity contribution in [3.63, 3.8) is 0 Å². The molecule has 0 amide bonds. The molecule has 0 aromatic carbocycles. The van der Waals surface area contributed by atoms with Crippen molar-refractivity contribution in [1.29, 1.82) is 0 Å². The zero-order valence-corrected chi connectivity index (χ0v) is 10.7. The maximum Gasteiger partial charge on any atom is 0.328 e. The maximum absolute atomic E-state index is 9.55. The monoisotopic (exact) mass is 254 g/mol. The summed E-state index contributed by atoms with van der Waals surface area (Å²) >= 11 is 0. The Hall–Kier alpha value is -1.84. The van der Waals surface area contributed by atoms with Crippen molar-refractivity contribution in [2.45, 2.75) is 38.5 Å². The normalized spacial score (nSPS) is 9.33. The van der Waals surface area contributed by atoms with Gasteiger partial charge < -0.3 is 10.2 Å². The van der Waals surface area contributed by atoms with Gasteiger partial charge in [-0.25, -0.2) is 9.59 Å². The third kappa shape index (κ3) is 23.8. The first kappa shape index (κ1) is 18.5. The first-order valence-electron chi connectivity index (χ1n) is 5.90.